The quantitative estimate of drug-likeness (QED) is 0.206. The first-order chi connectivity index (χ1) is 30.1. The molecule has 342 valence electrons. The van der Waals surface area contributed by atoms with Crippen molar-refractivity contribution in [1.29, 1.82) is 0 Å². The fourth-order valence-corrected chi connectivity index (χ4v) is 7.41. The average molecular weight is 876 g/mol. The molecule has 6 amide bonds. The third kappa shape index (κ3) is 14.1. The van der Waals surface area contributed by atoms with Crippen LogP contribution in [0.3, 0.4) is 0 Å². The van der Waals surface area contributed by atoms with Crippen molar-refractivity contribution in [2.75, 3.05) is 78.5 Å². The summed E-state index contributed by atoms with van der Waals surface area (Å²) in [6.07, 6.45) is 0.924. The zero-order chi connectivity index (χ0) is 46.2. The Labute approximate surface area is 369 Å². The number of carbonyl (C=O) groups excluding carboxylic acids is 6. The Morgan fingerprint density at radius 3 is 0.937 bits per heavy atom. The van der Waals surface area contributed by atoms with Gasteiger partial charge in [-0.25, -0.2) is 8.78 Å². The third-order valence-corrected chi connectivity index (χ3v) is 11.5. The molecule has 0 radical (unpaired) electrons. The van der Waals surface area contributed by atoms with E-state index in [1.165, 1.54) is 77.9 Å². The van der Waals surface area contributed by atoms with Gasteiger partial charge in [-0.1, -0.05) is 54.1 Å². The first-order valence-electron chi connectivity index (χ1n) is 21.5. The van der Waals surface area contributed by atoms with E-state index in [9.17, 15) is 37.5 Å². The molecule has 0 aliphatic carbocycles. The highest BCUT2D eigenvalue weighted by Crippen LogP contribution is 2.26. The van der Waals surface area contributed by atoms with E-state index in [1.54, 1.807) is 20.8 Å². The topological polar surface area (TPSA) is 200 Å². The monoisotopic (exact) mass is 875 g/mol. The van der Waals surface area contributed by atoms with E-state index in [-0.39, 0.29) is 39.3 Å². The average Bonchev–Trinajstić information content (AvgIpc) is 3.27. The van der Waals surface area contributed by atoms with Crippen LogP contribution in [0.5, 0.6) is 0 Å². The molecule has 3 atom stereocenters. The molecule has 0 aromatic heterocycles. The molecule has 0 unspecified atom stereocenters. The van der Waals surface area contributed by atoms with Crippen LogP contribution in [0.15, 0.2) is 72.8 Å². The lowest BCUT2D eigenvalue weighted by Crippen LogP contribution is -2.54. The lowest BCUT2D eigenvalue weighted by Gasteiger charge is -2.37. The van der Waals surface area contributed by atoms with Crippen LogP contribution in [0, 0.1) is 18.6 Å². The Morgan fingerprint density at radius 1 is 0.429 bits per heavy atom. The highest BCUT2D eigenvalue weighted by atomic mass is 19.1. The maximum absolute atomic E-state index is 14.6. The number of rotatable bonds is 15. The minimum atomic E-state index is -0.807. The molecular weight excluding hydrogens is 813 g/mol. The summed E-state index contributed by atoms with van der Waals surface area (Å²) in [5.41, 5.74) is 20.3. The number of halogens is 2. The first kappa shape index (κ1) is 49.9. The van der Waals surface area contributed by atoms with Crippen molar-refractivity contribution >= 4 is 35.4 Å². The Morgan fingerprint density at radius 2 is 0.683 bits per heavy atom. The van der Waals surface area contributed by atoms with Crippen molar-refractivity contribution in [2.24, 2.45) is 17.2 Å². The lowest BCUT2D eigenvalue weighted by molar-refractivity contribution is -0.152. The fourth-order valence-electron chi connectivity index (χ4n) is 7.41. The molecule has 0 spiro atoms. The van der Waals surface area contributed by atoms with Gasteiger partial charge in [0.15, 0.2) is 0 Å². The summed E-state index contributed by atoms with van der Waals surface area (Å²) in [5.74, 6) is -4.60. The van der Waals surface area contributed by atoms with E-state index in [0.717, 1.165) is 11.1 Å². The Kier molecular flexibility index (Phi) is 19.1. The van der Waals surface area contributed by atoms with Crippen LogP contribution in [0.2, 0.25) is 0 Å². The summed E-state index contributed by atoms with van der Waals surface area (Å²) in [4.78, 5) is 94.9. The Balaban J connectivity index is 1.89. The number of aryl methyl sites for hydroxylation is 1. The summed E-state index contributed by atoms with van der Waals surface area (Å²) in [6, 6.07) is 16.1. The summed E-state index contributed by atoms with van der Waals surface area (Å²) >= 11 is 0. The van der Waals surface area contributed by atoms with E-state index in [2.05, 4.69) is 0 Å². The Hall–Kier alpha value is -5.78. The molecule has 6 N–H and O–H groups in total. The van der Waals surface area contributed by atoms with Gasteiger partial charge < -0.3 is 46.6 Å². The van der Waals surface area contributed by atoms with Gasteiger partial charge in [0.25, 0.3) is 0 Å². The van der Waals surface area contributed by atoms with Crippen LogP contribution >= 0.6 is 0 Å². The van der Waals surface area contributed by atoms with Gasteiger partial charge in [-0.15, -0.1) is 0 Å². The smallest absolute Gasteiger partial charge is 0.243 e. The van der Waals surface area contributed by atoms with Crippen molar-refractivity contribution in [3.8, 4) is 0 Å². The fraction of sp³-hybridized carbons (Fsp3) is 0.478. The van der Waals surface area contributed by atoms with Gasteiger partial charge in [0.1, 0.15) is 31.3 Å². The zero-order valence-corrected chi connectivity index (χ0v) is 36.9. The first-order valence-corrected chi connectivity index (χ1v) is 21.5. The van der Waals surface area contributed by atoms with Gasteiger partial charge in [0, 0.05) is 19.6 Å². The zero-order valence-electron chi connectivity index (χ0n) is 36.9. The second kappa shape index (κ2) is 24.2. The molecule has 1 fully saturated rings. The number of hydrogen-bond acceptors (Lipinski definition) is 9. The van der Waals surface area contributed by atoms with Crippen LogP contribution in [-0.4, -0.2) is 143 Å². The number of amides is 6. The molecule has 3 aromatic carbocycles. The van der Waals surface area contributed by atoms with Crippen LogP contribution in [0.1, 0.15) is 80.4 Å². The van der Waals surface area contributed by atoms with Gasteiger partial charge in [-0.3, -0.25) is 28.8 Å². The van der Waals surface area contributed by atoms with Crippen LogP contribution in [0.4, 0.5) is 8.78 Å². The van der Waals surface area contributed by atoms with Crippen LogP contribution < -0.4 is 17.2 Å². The second-order valence-electron chi connectivity index (χ2n) is 16.0. The molecule has 1 aliphatic heterocycles. The molecular formula is C46H63F2N9O6. The van der Waals surface area contributed by atoms with Crippen molar-refractivity contribution < 1.29 is 37.5 Å². The number of nitrogens with zero attached hydrogens (tertiary/aromatic N) is 6. The lowest BCUT2D eigenvalue weighted by atomic mass is 10.0. The summed E-state index contributed by atoms with van der Waals surface area (Å²) in [6.45, 7) is 4.67. The molecule has 1 saturated heterocycles. The van der Waals surface area contributed by atoms with Crippen LogP contribution in [0.25, 0.3) is 0 Å². The molecule has 0 bridgehead atoms. The highest BCUT2D eigenvalue weighted by Gasteiger charge is 2.35. The van der Waals surface area contributed by atoms with Crippen LogP contribution in [-0.2, 0) is 28.8 Å². The van der Waals surface area contributed by atoms with E-state index >= 15 is 0 Å². The number of nitrogens with two attached hydrogens (primary N) is 3. The summed E-state index contributed by atoms with van der Waals surface area (Å²) in [7, 11) is 0. The maximum Gasteiger partial charge on any atom is 0.243 e. The molecule has 0 saturated carbocycles. The minimum absolute atomic E-state index is 0.0218. The molecule has 17 heteroatoms. The predicted octanol–water partition coefficient (Wildman–Crippen LogP) is 2.89. The molecule has 1 heterocycles. The number of benzene rings is 3. The van der Waals surface area contributed by atoms with E-state index in [0.29, 0.717) is 30.4 Å². The molecule has 1 aliphatic rings. The van der Waals surface area contributed by atoms with Gasteiger partial charge in [-0.05, 0) is 108 Å². The molecule has 4 rings (SSSR count). The third-order valence-electron chi connectivity index (χ3n) is 11.5. The molecule has 15 nitrogen and oxygen atoms in total. The minimum Gasteiger partial charge on any atom is -0.332 e. The number of carbonyl (C=O) groups is 6. The van der Waals surface area contributed by atoms with Gasteiger partial charge >= 0.3 is 0 Å². The normalized spacial score (nSPS) is 17.3. The number of hydrogen-bond donors (Lipinski definition) is 3. The summed E-state index contributed by atoms with van der Waals surface area (Å²) < 4.78 is 28.2. The summed E-state index contributed by atoms with van der Waals surface area (Å²) in [5, 5.41) is 0. The maximum atomic E-state index is 14.6. The Bertz CT molecular complexity index is 1780. The largest absolute Gasteiger partial charge is 0.332 e. The molecule has 63 heavy (non-hydrogen) atoms. The van der Waals surface area contributed by atoms with E-state index < -0.39 is 104 Å². The van der Waals surface area contributed by atoms with Gasteiger partial charge in [-0.2, -0.15) is 0 Å². The van der Waals surface area contributed by atoms with E-state index in [4.69, 9.17) is 17.2 Å². The van der Waals surface area contributed by atoms with Crippen molar-refractivity contribution in [3.05, 3.63) is 107 Å². The van der Waals surface area contributed by atoms with Crippen molar-refractivity contribution in [1.82, 2.24) is 29.4 Å². The van der Waals surface area contributed by atoms with Gasteiger partial charge in [0.2, 0.25) is 35.4 Å². The van der Waals surface area contributed by atoms with Gasteiger partial charge in [0.05, 0.1) is 37.8 Å². The second-order valence-corrected chi connectivity index (χ2v) is 16.0. The van der Waals surface area contributed by atoms with Crippen molar-refractivity contribution in [3.63, 3.8) is 0 Å². The SMILES string of the molecule is Cc1ccc([C@H](C)N2CC(=O)N(CCCN)CC(=O)N([C@@H](C)c3ccc(F)cc3)CC(=O)N(CCCN)CC(=O)N([C@@H](C)c3ccc(F)cc3)CC(=O)N(CCCN)CC2=O)cc1. The van der Waals surface area contributed by atoms with Crippen molar-refractivity contribution in [2.45, 2.75) is 65.1 Å². The highest BCUT2D eigenvalue weighted by molar-refractivity contribution is 5.94. The molecule has 3 aromatic rings. The predicted molar refractivity (Wildman–Crippen MR) is 235 cm³/mol. The van der Waals surface area contributed by atoms with E-state index in [1.807, 2.05) is 31.2 Å². The standard InChI is InChI=1S/C46H63F2N9O6/c1-32-8-10-36(11-9-32)33(2)55-29-41(58)53(24-6-21-50)27-45(62)57(35(4)38-14-18-40(48)19-15-38)31-43(60)54(25-7-22-51)28-46(63)56(34(3)37-12-16-39(47)17-13-37)30-42(59)52(23-5-20-49)26-44(55)61/h8-19,33-35H,5-7,20-31,49-51H2,1-4H3/t33-,34-,35-/m0/s1.